The van der Waals surface area contributed by atoms with Gasteiger partial charge < -0.3 is 5.32 Å². The van der Waals surface area contributed by atoms with E-state index in [0.29, 0.717) is 34.3 Å². The van der Waals surface area contributed by atoms with Crippen molar-refractivity contribution >= 4 is 22.5 Å². The van der Waals surface area contributed by atoms with Gasteiger partial charge in [-0.2, -0.15) is 10.1 Å². The van der Waals surface area contributed by atoms with Crippen molar-refractivity contribution in [1.29, 1.82) is 0 Å². The lowest BCUT2D eigenvalue weighted by atomic mass is 10.1. The highest BCUT2D eigenvalue weighted by atomic mass is 19.1. The van der Waals surface area contributed by atoms with Gasteiger partial charge in [-0.25, -0.2) is 14.1 Å². The van der Waals surface area contributed by atoms with E-state index < -0.39 is 11.4 Å². The van der Waals surface area contributed by atoms with Gasteiger partial charge in [0.2, 0.25) is 0 Å². The van der Waals surface area contributed by atoms with E-state index in [1.807, 2.05) is 6.07 Å². The molecule has 0 aliphatic carbocycles. The Morgan fingerprint density at radius 2 is 2.03 bits per heavy atom. The molecule has 5 rings (SSSR count). The minimum Gasteiger partial charge on any atom is -0.348 e. The number of pyridine rings is 1. The van der Waals surface area contributed by atoms with E-state index in [4.69, 9.17) is 0 Å². The lowest BCUT2D eigenvalue weighted by Crippen LogP contribution is -2.23. The summed E-state index contributed by atoms with van der Waals surface area (Å²) in [5.74, 6) is -0.719. The van der Waals surface area contributed by atoms with Gasteiger partial charge >= 0.3 is 0 Å². The van der Waals surface area contributed by atoms with Crippen LogP contribution in [0.2, 0.25) is 0 Å². The lowest BCUT2D eigenvalue weighted by molar-refractivity contribution is 0.0951. The molecule has 31 heavy (non-hydrogen) atoms. The standard InChI is InChI=1S/C22H15FN6O2/c23-16-5-1-4-14(9-16)19-20-26-22(31)17-7-6-15(10-18(17)29(20)28-27-19)21(30)25-12-13-3-2-8-24-11-13/h1-11,28H,12H2,(H,25,30). The predicted molar refractivity (Wildman–Crippen MR) is 112 cm³/mol. The molecule has 0 saturated carbocycles. The maximum absolute atomic E-state index is 13.7. The second-order valence-corrected chi connectivity index (χ2v) is 6.92. The third kappa shape index (κ3) is 3.42. The van der Waals surface area contributed by atoms with E-state index in [2.05, 4.69) is 25.6 Å². The Kier molecular flexibility index (Phi) is 4.47. The summed E-state index contributed by atoms with van der Waals surface area (Å²) >= 11 is 0. The van der Waals surface area contributed by atoms with Crippen LogP contribution in [0, 0.1) is 5.82 Å². The molecule has 3 heterocycles. The highest BCUT2D eigenvalue weighted by Gasteiger charge is 2.16. The number of nitrogens with one attached hydrogen (secondary N) is 2. The van der Waals surface area contributed by atoms with E-state index in [1.165, 1.54) is 16.6 Å². The van der Waals surface area contributed by atoms with Crippen LogP contribution < -0.4 is 10.9 Å². The zero-order valence-electron chi connectivity index (χ0n) is 16.0. The number of amides is 1. The minimum atomic E-state index is -0.462. The zero-order chi connectivity index (χ0) is 21.4. The van der Waals surface area contributed by atoms with Crippen LogP contribution in [0.3, 0.4) is 0 Å². The molecule has 0 atom stereocenters. The molecule has 8 nitrogen and oxygen atoms in total. The number of hydrogen-bond acceptors (Lipinski definition) is 5. The van der Waals surface area contributed by atoms with Crippen molar-refractivity contribution in [3.05, 3.63) is 94.3 Å². The molecule has 0 aliphatic heterocycles. The normalized spacial score (nSPS) is 11.1. The number of carbonyl (C=O) groups excluding carboxylic acids is 1. The van der Waals surface area contributed by atoms with E-state index in [9.17, 15) is 14.0 Å². The van der Waals surface area contributed by atoms with E-state index in [0.717, 1.165) is 5.56 Å². The number of fused-ring (bicyclic) bond motifs is 3. The summed E-state index contributed by atoms with van der Waals surface area (Å²) in [6.45, 7) is 0.324. The van der Waals surface area contributed by atoms with Crippen LogP contribution in [0.1, 0.15) is 15.9 Å². The van der Waals surface area contributed by atoms with Gasteiger partial charge in [0.15, 0.2) is 5.65 Å². The molecule has 0 unspecified atom stereocenters. The number of benzene rings is 2. The molecular formula is C22H15FN6O2. The van der Waals surface area contributed by atoms with E-state index >= 15 is 0 Å². The van der Waals surface area contributed by atoms with Gasteiger partial charge in [-0.05, 0) is 42.0 Å². The van der Waals surface area contributed by atoms with Crippen molar-refractivity contribution in [2.75, 3.05) is 0 Å². The first-order chi connectivity index (χ1) is 15.1. The van der Waals surface area contributed by atoms with Gasteiger partial charge in [-0.1, -0.05) is 18.2 Å². The first kappa shape index (κ1) is 18.6. The molecule has 0 aliphatic rings. The second-order valence-electron chi connectivity index (χ2n) is 6.92. The Balaban J connectivity index is 1.56. The van der Waals surface area contributed by atoms with Gasteiger partial charge in [0, 0.05) is 30.1 Å². The molecule has 0 bridgehead atoms. The summed E-state index contributed by atoms with van der Waals surface area (Å²) in [6.07, 6.45) is 3.34. The maximum atomic E-state index is 13.7. The van der Waals surface area contributed by atoms with Crippen molar-refractivity contribution in [1.82, 2.24) is 30.1 Å². The zero-order valence-corrected chi connectivity index (χ0v) is 16.0. The highest BCUT2D eigenvalue weighted by Crippen LogP contribution is 2.23. The molecule has 2 aromatic carbocycles. The summed E-state index contributed by atoms with van der Waals surface area (Å²) < 4.78 is 15.2. The summed E-state index contributed by atoms with van der Waals surface area (Å²) in [7, 11) is 0. The summed E-state index contributed by atoms with van der Waals surface area (Å²) in [5, 5.41) is 10.2. The third-order valence-corrected chi connectivity index (χ3v) is 4.90. The smallest absolute Gasteiger partial charge is 0.281 e. The Morgan fingerprint density at radius 1 is 1.13 bits per heavy atom. The van der Waals surface area contributed by atoms with Crippen molar-refractivity contribution in [2.24, 2.45) is 0 Å². The average molecular weight is 414 g/mol. The predicted octanol–water partition coefficient (Wildman–Crippen LogP) is 2.70. The number of H-pyrrole nitrogens is 1. The number of aromatic amines is 1. The first-order valence-corrected chi connectivity index (χ1v) is 9.44. The van der Waals surface area contributed by atoms with Crippen LogP contribution in [0.25, 0.3) is 27.8 Å². The number of nitrogens with zero attached hydrogens (tertiary/aromatic N) is 4. The quantitative estimate of drug-likeness (QED) is 0.471. The fourth-order valence-corrected chi connectivity index (χ4v) is 3.39. The fraction of sp³-hybridized carbons (Fsp3) is 0.0455. The van der Waals surface area contributed by atoms with Crippen LogP contribution in [0.15, 0.2) is 71.8 Å². The molecule has 3 aromatic heterocycles. The molecule has 1 amide bonds. The number of hydrogen-bond donors (Lipinski definition) is 2. The molecule has 152 valence electrons. The third-order valence-electron chi connectivity index (χ3n) is 4.90. The molecule has 0 spiro atoms. The number of rotatable bonds is 4. The van der Waals surface area contributed by atoms with Gasteiger partial charge in [-0.3, -0.25) is 14.6 Å². The molecule has 0 saturated heterocycles. The Hall–Kier alpha value is -4.40. The molecule has 0 radical (unpaired) electrons. The van der Waals surface area contributed by atoms with Crippen LogP contribution in [-0.4, -0.2) is 30.7 Å². The van der Waals surface area contributed by atoms with Gasteiger partial charge in [0.25, 0.3) is 11.5 Å². The molecule has 9 heteroatoms. The van der Waals surface area contributed by atoms with Gasteiger partial charge in [-0.15, -0.1) is 0 Å². The summed E-state index contributed by atoms with van der Waals surface area (Å²) in [4.78, 5) is 33.4. The van der Waals surface area contributed by atoms with Crippen molar-refractivity contribution in [2.45, 2.75) is 6.54 Å². The van der Waals surface area contributed by atoms with Crippen molar-refractivity contribution in [3.63, 3.8) is 0 Å². The van der Waals surface area contributed by atoms with Crippen LogP contribution in [-0.2, 0) is 6.54 Å². The second kappa shape index (κ2) is 7.45. The lowest BCUT2D eigenvalue weighted by Gasteiger charge is -2.07. The van der Waals surface area contributed by atoms with Crippen molar-refractivity contribution < 1.29 is 9.18 Å². The number of carbonyl (C=O) groups is 1. The van der Waals surface area contributed by atoms with Crippen LogP contribution >= 0.6 is 0 Å². The first-order valence-electron chi connectivity index (χ1n) is 9.44. The SMILES string of the molecule is O=C(NCc1cccnc1)c1ccc2c(=O)nc3c(-c4cccc(F)c4)n[nH]n3c2c1. The molecule has 0 fully saturated rings. The average Bonchev–Trinajstić information content (AvgIpc) is 3.22. The molecule has 5 aromatic rings. The Labute approximate surface area is 174 Å². The van der Waals surface area contributed by atoms with E-state index in [1.54, 1.807) is 48.8 Å². The van der Waals surface area contributed by atoms with Crippen LogP contribution in [0.5, 0.6) is 0 Å². The Bertz CT molecular complexity index is 1490. The molecular weight excluding hydrogens is 399 g/mol. The van der Waals surface area contributed by atoms with Gasteiger partial charge in [0.05, 0.1) is 10.9 Å². The molecule has 2 N–H and O–H groups in total. The largest absolute Gasteiger partial charge is 0.348 e. The minimum absolute atomic E-state index is 0.246. The van der Waals surface area contributed by atoms with Crippen LogP contribution in [0.4, 0.5) is 4.39 Å². The monoisotopic (exact) mass is 414 g/mol. The highest BCUT2D eigenvalue weighted by molar-refractivity contribution is 5.98. The number of aromatic nitrogens is 5. The maximum Gasteiger partial charge on any atom is 0.281 e. The van der Waals surface area contributed by atoms with Gasteiger partial charge in [0.1, 0.15) is 11.5 Å². The van der Waals surface area contributed by atoms with Crippen molar-refractivity contribution in [3.8, 4) is 11.3 Å². The number of halogens is 1. The summed E-state index contributed by atoms with van der Waals surface area (Å²) in [5.41, 5.74) is 2.29. The Morgan fingerprint density at radius 3 is 2.84 bits per heavy atom. The topological polar surface area (TPSA) is 105 Å². The fourth-order valence-electron chi connectivity index (χ4n) is 3.39. The van der Waals surface area contributed by atoms with E-state index in [-0.39, 0.29) is 11.6 Å². The summed E-state index contributed by atoms with van der Waals surface area (Å²) in [6, 6.07) is 14.2.